The SMILES string of the molecule is COc1ccc(/C(O)=C2/C(=O)C(=O)N(c3ccccc3OC)C2c2ccc(O)cc2)cc1C(C)C. The summed E-state index contributed by atoms with van der Waals surface area (Å²) in [6.45, 7) is 4.00. The molecule has 180 valence electrons. The van der Waals surface area contributed by atoms with E-state index in [9.17, 15) is 19.8 Å². The molecule has 1 atom stereocenters. The monoisotopic (exact) mass is 473 g/mol. The number of phenols is 1. The number of aliphatic hydroxyl groups is 1. The van der Waals surface area contributed by atoms with Gasteiger partial charge in [-0.1, -0.05) is 38.1 Å². The van der Waals surface area contributed by atoms with Crippen LogP contribution in [-0.4, -0.2) is 36.1 Å². The molecule has 7 nitrogen and oxygen atoms in total. The highest BCUT2D eigenvalue weighted by Crippen LogP contribution is 2.45. The van der Waals surface area contributed by atoms with Gasteiger partial charge in [-0.3, -0.25) is 14.5 Å². The zero-order valence-electron chi connectivity index (χ0n) is 20.0. The second-order valence-corrected chi connectivity index (χ2v) is 8.54. The molecule has 1 amide bonds. The van der Waals surface area contributed by atoms with Gasteiger partial charge in [-0.2, -0.15) is 0 Å². The minimum Gasteiger partial charge on any atom is -0.508 e. The Labute approximate surface area is 203 Å². The van der Waals surface area contributed by atoms with Crippen molar-refractivity contribution in [1.82, 2.24) is 0 Å². The van der Waals surface area contributed by atoms with Crippen molar-refractivity contribution in [3.8, 4) is 17.2 Å². The van der Waals surface area contributed by atoms with Gasteiger partial charge in [-0.05, 0) is 59.5 Å². The van der Waals surface area contributed by atoms with Gasteiger partial charge >= 0.3 is 0 Å². The number of carbonyl (C=O) groups is 2. The van der Waals surface area contributed by atoms with Crippen LogP contribution >= 0.6 is 0 Å². The Morgan fingerprint density at radius 2 is 1.57 bits per heavy atom. The third-order valence-corrected chi connectivity index (χ3v) is 6.12. The van der Waals surface area contributed by atoms with Crippen molar-refractivity contribution in [2.45, 2.75) is 25.8 Å². The molecular weight excluding hydrogens is 446 g/mol. The number of phenolic OH excluding ortho intramolecular Hbond substituents is 1. The molecule has 0 radical (unpaired) electrons. The number of rotatable bonds is 6. The van der Waals surface area contributed by atoms with Gasteiger partial charge in [0.15, 0.2) is 0 Å². The molecule has 1 aliphatic heterocycles. The summed E-state index contributed by atoms with van der Waals surface area (Å²) < 4.78 is 10.9. The number of hydrogen-bond acceptors (Lipinski definition) is 6. The highest BCUT2D eigenvalue weighted by molar-refractivity contribution is 6.51. The number of anilines is 1. The van der Waals surface area contributed by atoms with E-state index in [1.54, 1.807) is 61.7 Å². The van der Waals surface area contributed by atoms with Gasteiger partial charge in [0.05, 0.1) is 31.5 Å². The molecule has 1 unspecified atom stereocenters. The molecule has 35 heavy (non-hydrogen) atoms. The molecule has 0 aliphatic carbocycles. The maximum absolute atomic E-state index is 13.4. The fourth-order valence-corrected chi connectivity index (χ4v) is 4.37. The van der Waals surface area contributed by atoms with Crippen LogP contribution in [0.4, 0.5) is 5.69 Å². The number of aliphatic hydroxyl groups excluding tert-OH is 1. The van der Waals surface area contributed by atoms with E-state index in [0.717, 1.165) is 5.56 Å². The molecule has 0 aromatic heterocycles. The number of nitrogens with zero attached hydrogens (tertiary/aromatic N) is 1. The van der Waals surface area contributed by atoms with E-state index in [-0.39, 0.29) is 23.0 Å². The molecule has 7 heteroatoms. The number of ketones is 1. The van der Waals surface area contributed by atoms with Crippen LogP contribution in [0.2, 0.25) is 0 Å². The van der Waals surface area contributed by atoms with Crippen LogP contribution < -0.4 is 14.4 Å². The summed E-state index contributed by atoms with van der Waals surface area (Å²) in [5, 5.41) is 21.2. The van der Waals surface area contributed by atoms with Crippen molar-refractivity contribution in [2.75, 3.05) is 19.1 Å². The minimum atomic E-state index is -0.934. The van der Waals surface area contributed by atoms with E-state index in [1.807, 2.05) is 13.8 Å². The van der Waals surface area contributed by atoms with Crippen LogP contribution in [0.1, 0.15) is 42.5 Å². The first-order valence-corrected chi connectivity index (χ1v) is 11.2. The Morgan fingerprint density at radius 1 is 0.914 bits per heavy atom. The predicted molar refractivity (Wildman–Crippen MR) is 133 cm³/mol. The summed E-state index contributed by atoms with van der Waals surface area (Å²) in [5.74, 6) is -0.671. The minimum absolute atomic E-state index is 0.0414. The maximum atomic E-state index is 13.4. The number of amides is 1. The first-order chi connectivity index (χ1) is 16.8. The van der Waals surface area contributed by atoms with Crippen molar-refractivity contribution in [2.24, 2.45) is 0 Å². The van der Waals surface area contributed by atoms with Gasteiger partial charge in [0.2, 0.25) is 0 Å². The topological polar surface area (TPSA) is 96.3 Å². The predicted octanol–water partition coefficient (Wildman–Crippen LogP) is 5.16. The zero-order valence-corrected chi connectivity index (χ0v) is 20.0. The highest BCUT2D eigenvalue weighted by Gasteiger charge is 2.47. The Morgan fingerprint density at radius 3 is 2.20 bits per heavy atom. The van der Waals surface area contributed by atoms with E-state index in [2.05, 4.69) is 0 Å². The van der Waals surface area contributed by atoms with E-state index in [1.165, 1.54) is 24.1 Å². The second-order valence-electron chi connectivity index (χ2n) is 8.54. The van der Waals surface area contributed by atoms with Gasteiger partial charge in [0, 0.05) is 5.56 Å². The smallest absolute Gasteiger partial charge is 0.300 e. The number of ether oxygens (including phenoxy) is 2. The molecule has 3 aromatic carbocycles. The summed E-state index contributed by atoms with van der Waals surface area (Å²) in [6, 6.07) is 17.3. The second kappa shape index (κ2) is 9.54. The lowest BCUT2D eigenvalue weighted by atomic mass is 9.93. The average molecular weight is 474 g/mol. The molecular formula is C28H27NO6. The van der Waals surface area contributed by atoms with Crippen LogP contribution in [0.25, 0.3) is 5.76 Å². The van der Waals surface area contributed by atoms with Crippen LogP contribution in [0.5, 0.6) is 17.2 Å². The van der Waals surface area contributed by atoms with Gasteiger partial charge in [-0.25, -0.2) is 0 Å². The van der Waals surface area contributed by atoms with Crippen molar-refractivity contribution >= 4 is 23.1 Å². The summed E-state index contributed by atoms with van der Waals surface area (Å²) >= 11 is 0. The Kier molecular flexibility index (Phi) is 6.51. The Balaban J connectivity index is 1.97. The number of Topliss-reactive ketones (excluding diaryl/α,β-unsaturated/α-hetero) is 1. The van der Waals surface area contributed by atoms with Gasteiger partial charge in [0.25, 0.3) is 11.7 Å². The molecule has 1 saturated heterocycles. The van der Waals surface area contributed by atoms with Crippen molar-refractivity contribution in [3.63, 3.8) is 0 Å². The Bertz CT molecular complexity index is 1310. The number of carbonyl (C=O) groups excluding carboxylic acids is 2. The molecule has 0 spiro atoms. The van der Waals surface area contributed by atoms with Gasteiger partial charge in [0.1, 0.15) is 23.0 Å². The molecule has 0 saturated carbocycles. The Hall–Kier alpha value is -4.26. The van der Waals surface area contributed by atoms with E-state index in [0.29, 0.717) is 28.3 Å². The summed E-state index contributed by atoms with van der Waals surface area (Å²) in [7, 11) is 3.06. The maximum Gasteiger partial charge on any atom is 0.300 e. The summed E-state index contributed by atoms with van der Waals surface area (Å²) in [5.41, 5.74) is 2.15. The molecule has 1 aliphatic rings. The highest BCUT2D eigenvalue weighted by atomic mass is 16.5. The lowest BCUT2D eigenvalue weighted by molar-refractivity contribution is -0.132. The van der Waals surface area contributed by atoms with Crippen molar-refractivity contribution < 1.29 is 29.3 Å². The number of benzene rings is 3. The zero-order chi connectivity index (χ0) is 25.3. The first kappa shape index (κ1) is 23.9. The molecule has 3 aromatic rings. The van der Waals surface area contributed by atoms with E-state index in [4.69, 9.17) is 9.47 Å². The third kappa shape index (κ3) is 4.21. The lowest BCUT2D eigenvalue weighted by Crippen LogP contribution is -2.29. The van der Waals surface area contributed by atoms with Crippen LogP contribution in [0.3, 0.4) is 0 Å². The molecule has 1 fully saturated rings. The van der Waals surface area contributed by atoms with Crippen LogP contribution in [0, 0.1) is 0 Å². The fraction of sp³-hybridized carbons (Fsp3) is 0.214. The van der Waals surface area contributed by atoms with Crippen molar-refractivity contribution in [1.29, 1.82) is 0 Å². The third-order valence-electron chi connectivity index (χ3n) is 6.12. The number of para-hydroxylation sites is 2. The normalized spacial score (nSPS) is 17.2. The van der Waals surface area contributed by atoms with E-state index >= 15 is 0 Å². The average Bonchev–Trinajstić information content (AvgIpc) is 3.13. The lowest BCUT2D eigenvalue weighted by Gasteiger charge is -2.26. The van der Waals surface area contributed by atoms with Gasteiger partial charge < -0.3 is 19.7 Å². The first-order valence-electron chi connectivity index (χ1n) is 11.2. The fourth-order valence-electron chi connectivity index (χ4n) is 4.37. The summed E-state index contributed by atoms with van der Waals surface area (Å²) in [4.78, 5) is 28.0. The van der Waals surface area contributed by atoms with Crippen LogP contribution in [-0.2, 0) is 9.59 Å². The number of hydrogen-bond donors (Lipinski definition) is 2. The molecule has 2 N–H and O–H groups in total. The van der Waals surface area contributed by atoms with Crippen molar-refractivity contribution in [3.05, 3.63) is 89.0 Å². The number of aromatic hydroxyl groups is 1. The molecule has 4 rings (SSSR count). The van der Waals surface area contributed by atoms with Gasteiger partial charge in [-0.15, -0.1) is 0 Å². The number of methoxy groups -OCH3 is 2. The molecule has 0 bridgehead atoms. The standard InChI is InChI=1S/C28H27NO6/c1-16(2)20-15-18(11-14-22(20)34-3)26(31)24-25(17-9-12-19(30)13-10-17)29(28(33)27(24)32)21-7-5-6-8-23(21)35-4/h5-16,25,30-31H,1-4H3/b26-24-. The van der Waals surface area contributed by atoms with Crippen LogP contribution in [0.15, 0.2) is 72.3 Å². The summed E-state index contributed by atoms with van der Waals surface area (Å²) in [6.07, 6.45) is 0. The van der Waals surface area contributed by atoms with E-state index < -0.39 is 17.7 Å². The quantitative estimate of drug-likeness (QED) is 0.292. The largest absolute Gasteiger partial charge is 0.508 e. The molecule has 1 heterocycles.